The van der Waals surface area contributed by atoms with Gasteiger partial charge >= 0.3 is 0 Å². The molecular weight excluding hydrogens is 384 g/mol. The number of benzene rings is 1. The number of anilines is 2. The maximum Gasteiger partial charge on any atom is 0.252 e. The van der Waals surface area contributed by atoms with Crippen LogP contribution in [0.4, 0.5) is 11.6 Å². The largest absolute Gasteiger partial charge is 0.324 e. The Morgan fingerprint density at radius 3 is 2.59 bits per heavy atom. The van der Waals surface area contributed by atoms with Crippen molar-refractivity contribution in [2.75, 3.05) is 5.32 Å². The first-order valence-corrected chi connectivity index (χ1v) is 10.6. The Bertz CT molecular complexity index is 1210. The smallest absolute Gasteiger partial charge is 0.252 e. The molecule has 1 fully saturated rings. The third-order valence-electron chi connectivity index (χ3n) is 5.46. The number of nitrogens with one attached hydrogen (secondary N) is 1. The van der Waals surface area contributed by atoms with Crippen LogP contribution in [0.1, 0.15) is 37.4 Å². The van der Waals surface area contributed by atoms with Crippen molar-refractivity contribution in [3.63, 3.8) is 0 Å². The first kappa shape index (κ1) is 17.9. The van der Waals surface area contributed by atoms with E-state index in [0.29, 0.717) is 11.6 Å². The van der Waals surface area contributed by atoms with E-state index in [1.807, 2.05) is 47.2 Å². The molecule has 1 saturated carbocycles. The molecule has 0 unspecified atom stereocenters. The zero-order valence-corrected chi connectivity index (χ0v) is 16.8. The van der Waals surface area contributed by atoms with Crippen LogP contribution in [0.15, 0.2) is 46.6 Å². The second-order valence-corrected chi connectivity index (χ2v) is 7.95. The van der Waals surface area contributed by atoms with Crippen molar-refractivity contribution < 1.29 is 0 Å². The van der Waals surface area contributed by atoms with Crippen molar-refractivity contribution in [2.45, 2.75) is 38.6 Å². The zero-order chi connectivity index (χ0) is 19.8. The Morgan fingerprint density at radius 1 is 1.07 bits per heavy atom. The number of fused-ring (bicyclic) bond motifs is 1. The van der Waals surface area contributed by atoms with Gasteiger partial charge in [0.2, 0.25) is 5.95 Å². The van der Waals surface area contributed by atoms with Crippen molar-refractivity contribution in [2.24, 2.45) is 0 Å². The number of aryl methyl sites for hydroxylation is 1. The average molecular weight is 404 g/mol. The quantitative estimate of drug-likeness (QED) is 0.540. The minimum Gasteiger partial charge on any atom is -0.324 e. The first-order chi connectivity index (χ1) is 14.2. The van der Waals surface area contributed by atoms with E-state index in [1.165, 1.54) is 11.5 Å². The van der Waals surface area contributed by atoms with Gasteiger partial charge in [-0.05, 0) is 49.5 Å². The summed E-state index contributed by atoms with van der Waals surface area (Å²) in [5.74, 6) is 0.496. The SMILES string of the molecule is Cc1nc(Nc2ccc(-c3csnn3)cc2)nc2c1ccc(=O)n2C1CCCC1. The molecule has 5 rings (SSSR count). The normalized spacial score (nSPS) is 14.5. The van der Waals surface area contributed by atoms with Crippen LogP contribution in [0.5, 0.6) is 0 Å². The topological polar surface area (TPSA) is 85.6 Å². The standard InChI is InChI=1S/C21H20N6OS/c1-13-17-10-11-19(28)27(16-4-2-3-5-16)20(17)24-21(22-13)23-15-8-6-14(7-9-15)18-12-29-26-25-18/h6-12,16H,2-5H2,1H3,(H,22,23,24). The highest BCUT2D eigenvalue weighted by Crippen LogP contribution is 2.31. The van der Waals surface area contributed by atoms with E-state index in [0.717, 1.165) is 53.7 Å². The Morgan fingerprint density at radius 2 is 1.86 bits per heavy atom. The predicted molar refractivity (Wildman–Crippen MR) is 115 cm³/mol. The molecule has 146 valence electrons. The van der Waals surface area contributed by atoms with Gasteiger partial charge in [-0.2, -0.15) is 4.98 Å². The molecule has 1 aromatic carbocycles. The summed E-state index contributed by atoms with van der Waals surface area (Å²) in [4.78, 5) is 22.0. The molecule has 3 heterocycles. The van der Waals surface area contributed by atoms with Crippen LogP contribution in [0.3, 0.4) is 0 Å². The van der Waals surface area contributed by atoms with Gasteiger partial charge in [0.05, 0.1) is 5.69 Å². The molecule has 1 aliphatic carbocycles. The Hall–Kier alpha value is -3.13. The van der Waals surface area contributed by atoms with E-state index >= 15 is 0 Å². The third kappa shape index (κ3) is 3.40. The van der Waals surface area contributed by atoms with Gasteiger partial charge in [0, 0.05) is 34.1 Å². The summed E-state index contributed by atoms with van der Waals surface area (Å²) in [5, 5.41) is 10.2. The van der Waals surface area contributed by atoms with Crippen molar-refractivity contribution in [3.05, 3.63) is 57.8 Å². The minimum atomic E-state index is 0.00896. The lowest BCUT2D eigenvalue weighted by molar-refractivity contribution is 0.516. The number of hydrogen-bond donors (Lipinski definition) is 1. The summed E-state index contributed by atoms with van der Waals surface area (Å²) in [5.41, 5.74) is 4.32. The average Bonchev–Trinajstić information content (AvgIpc) is 3.43. The second kappa shape index (κ2) is 7.36. The highest BCUT2D eigenvalue weighted by atomic mass is 32.1. The van der Waals surface area contributed by atoms with Crippen molar-refractivity contribution in [1.29, 1.82) is 0 Å². The number of aromatic nitrogens is 5. The number of hydrogen-bond acceptors (Lipinski definition) is 7. The first-order valence-electron chi connectivity index (χ1n) is 9.73. The molecule has 4 aromatic rings. The third-order valence-corrected chi connectivity index (χ3v) is 5.97. The van der Waals surface area contributed by atoms with Gasteiger partial charge in [-0.25, -0.2) is 4.98 Å². The summed E-state index contributed by atoms with van der Waals surface area (Å²) in [7, 11) is 0. The molecule has 1 aliphatic rings. The van der Waals surface area contributed by atoms with E-state index in [1.54, 1.807) is 6.07 Å². The van der Waals surface area contributed by atoms with Crippen LogP contribution in [0, 0.1) is 6.92 Å². The van der Waals surface area contributed by atoms with E-state index < -0.39 is 0 Å². The highest BCUT2D eigenvalue weighted by molar-refractivity contribution is 7.03. The summed E-state index contributed by atoms with van der Waals surface area (Å²) in [6.45, 7) is 1.96. The number of rotatable bonds is 4. The molecular formula is C21H20N6OS. The van der Waals surface area contributed by atoms with Crippen molar-refractivity contribution >= 4 is 34.2 Å². The molecule has 8 heteroatoms. The number of nitrogens with zero attached hydrogens (tertiary/aromatic N) is 5. The lowest BCUT2D eigenvalue weighted by Crippen LogP contribution is -2.24. The fraction of sp³-hybridized carbons (Fsp3) is 0.286. The molecule has 0 spiro atoms. The van der Waals surface area contributed by atoms with Crippen LogP contribution >= 0.6 is 11.5 Å². The van der Waals surface area contributed by atoms with Gasteiger partial charge in [0.15, 0.2) is 0 Å². The molecule has 3 aromatic heterocycles. The molecule has 29 heavy (non-hydrogen) atoms. The van der Waals surface area contributed by atoms with Crippen LogP contribution in [0.2, 0.25) is 0 Å². The summed E-state index contributed by atoms with van der Waals surface area (Å²) in [6, 6.07) is 11.6. The van der Waals surface area contributed by atoms with Gasteiger partial charge < -0.3 is 5.32 Å². The van der Waals surface area contributed by atoms with E-state index in [9.17, 15) is 4.79 Å². The predicted octanol–water partition coefficient (Wildman–Crippen LogP) is 4.48. The highest BCUT2D eigenvalue weighted by Gasteiger charge is 2.21. The molecule has 1 N–H and O–H groups in total. The fourth-order valence-electron chi connectivity index (χ4n) is 4.00. The molecule has 7 nitrogen and oxygen atoms in total. The summed E-state index contributed by atoms with van der Waals surface area (Å²) in [6.07, 6.45) is 4.36. The van der Waals surface area contributed by atoms with E-state index in [-0.39, 0.29) is 11.6 Å². The Labute approximate surface area is 171 Å². The van der Waals surface area contributed by atoms with Gasteiger partial charge in [0.1, 0.15) is 11.3 Å². The minimum absolute atomic E-state index is 0.00896. The summed E-state index contributed by atoms with van der Waals surface area (Å²) < 4.78 is 5.77. The van der Waals surface area contributed by atoms with Crippen molar-refractivity contribution in [3.8, 4) is 11.3 Å². The molecule has 0 atom stereocenters. The second-order valence-electron chi connectivity index (χ2n) is 7.34. The lowest BCUT2D eigenvalue weighted by atomic mass is 10.1. The lowest BCUT2D eigenvalue weighted by Gasteiger charge is -2.17. The van der Waals surface area contributed by atoms with Crippen LogP contribution < -0.4 is 10.9 Å². The monoisotopic (exact) mass is 404 g/mol. The Balaban J connectivity index is 1.52. The van der Waals surface area contributed by atoms with Gasteiger partial charge in [-0.3, -0.25) is 9.36 Å². The van der Waals surface area contributed by atoms with Crippen LogP contribution in [-0.2, 0) is 0 Å². The Kier molecular flexibility index (Phi) is 4.55. The van der Waals surface area contributed by atoms with Gasteiger partial charge in [0.25, 0.3) is 5.56 Å². The van der Waals surface area contributed by atoms with Crippen molar-refractivity contribution in [1.82, 2.24) is 24.1 Å². The number of pyridine rings is 1. The van der Waals surface area contributed by atoms with E-state index in [4.69, 9.17) is 4.98 Å². The fourth-order valence-corrected chi connectivity index (χ4v) is 4.46. The molecule has 0 bridgehead atoms. The van der Waals surface area contributed by atoms with Gasteiger partial charge in [-0.15, -0.1) is 5.10 Å². The maximum absolute atomic E-state index is 12.6. The molecule has 0 saturated heterocycles. The van der Waals surface area contributed by atoms with Crippen LogP contribution in [-0.4, -0.2) is 24.1 Å². The van der Waals surface area contributed by atoms with Crippen LogP contribution in [0.25, 0.3) is 22.3 Å². The zero-order valence-electron chi connectivity index (χ0n) is 16.0. The molecule has 0 aliphatic heterocycles. The van der Waals surface area contributed by atoms with E-state index in [2.05, 4.69) is 19.9 Å². The van der Waals surface area contributed by atoms with Gasteiger partial charge in [-0.1, -0.05) is 29.5 Å². The molecule has 0 radical (unpaired) electrons. The maximum atomic E-state index is 12.6. The summed E-state index contributed by atoms with van der Waals surface area (Å²) >= 11 is 1.33. The molecule has 0 amide bonds.